The lowest BCUT2D eigenvalue weighted by atomic mass is 10.1. The zero-order valence-corrected chi connectivity index (χ0v) is 16.2. The van der Waals surface area contributed by atoms with Crippen molar-refractivity contribution < 1.29 is 19.8 Å². The first kappa shape index (κ1) is 19.9. The van der Waals surface area contributed by atoms with Crippen molar-refractivity contribution >= 4 is 17.5 Å². The van der Waals surface area contributed by atoms with Crippen LogP contribution in [0.1, 0.15) is 26.3 Å². The predicted molar refractivity (Wildman–Crippen MR) is 111 cm³/mol. The molecular weight excluding hydrogens is 368 g/mol. The molecule has 0 saturated carbocycles. The van der Waals surface area contributed by atoms with Gasteiger partial charge in [-0.2, -0.15) is 0 Å². The molecule has 6 heteroatoms. The number of rotatable bonds is 5. The van der Waals surface area contributed by atoms with E-state index in [0.717, 1.165) is 11.6 Å². The van der Waals surface area contributed by atoms with Gasteiger partial charge in [0.1, 0.15) is 11.5 Å². The second kappa shape index (κ2) is 8.48. The highest BCUT2D eigenvalue weighted by Gasteiger charge is 2.22. The van der Waals surface area contributed by atoms with Crippen LogP contribution in [0.25, 0.3) is 0 Å². The molecule has 2 N–H and O–H groups in total. The Balaban J connectivity index is 1.99. The number of hydrogen-bond acceptors (Lipinski definition) is 4. The number of aromatic hydroxyl groups is 2. The Morgan fingerprint density at radius 1 is 0.828 bits per heavy atom. The number of phenols is 2. The molecule has 6 nitrogen and oxygen atoms in total. The smallest absolute Gasteiger partial charge is 0.262 e. The quantitative estimate of drug-likeness (QED) is 0.697. The van der Waals surface area contributed by atoms with Gasteiger partial charge in [0.2, 0.25) is 0 Å². The average molecular weight is 390 g/mol. The van der Waals surface area contributed by atoms with Crippen LogP contribution in [0.4, 0.5) is 5.69 Å². The summed E-state index contributed by atoms with van der Waals surface area (Å²) >= 11 is 0. The molecule has 0 bridgehead atoms. The first-order valence-corrected chi connectivity index (χ1v) is 9.06. The fourth-order valence-electron chi connectivity index (χ4n) is 2.93. The molecule has 0 aliphatic rings. The van der Waals surface area contributed by atoms with Gasteiger partial charge in [-0.25, -0.2) is 0 Å². The normalized spacial score (nSPS) is 10.4. The predicted octanol–water partition coefficient (Wildman–Crippen LogP) is 3.65. The Bertz CT molecular complexity index is 1010. The summed E-state index contributed by atoms with van der Waals surface area (Å²) in [4.78, 5) is 28.4. The fraction of sp³-hybridized carbons (Fsp3) is 0.130. The Kier molecular flexibility index (Phi) is 5.83. The standard InChI is InChI=1S/C23H22N2O4/c1-24(2)22(28)17-8-10-18(11-9-17)25(15-16-6-4-3-5-7-16)23(29)20-13-12-19(26)14-21(20)27/h3-14,26-27H,15H2,1-2H3. The maximum Gasteiger partial charge on any atom is 0.262 e. The van der Waals surface area contributed by atoms with Crippen LogP contribution in [-0.4, -0.2) is 41.0 Å². The summed E-state index contributed by atoms with van der Waals surface area (Å²) in [5, 5.41) is 19.7. The van der Waals surface area contributed by atoms with E-state index < -0.39 is 5.91 Å². The van der Waals surface area contributed by atoms with Gasteiger partial charge in [-0.1, -0.05) is 30.3 Å². The van der Waals surface area contributed by atoms with E-state index in [1.807, 2.05) is 30.3 Å². The molecule has 0 unspecified atom stereocenters. The monoisotopic (exact) mass is 390 g/mol. The molecule has 0 saturated heterocycles. The van der Waals surface area contributed by atoms with Gasteiger partial charge in [-0.05, 0) is 42.0 Å². The minimum absolute atomic E-state index is 0.0761. The fourth-order valence-corrected chi connectivity index (χ4v) is 2.93. The van der Waals surface area contributed by atoms with Crippen molar-refractivity contribution in [1.29, 1.82) is 0 Å². The molecule has 2 amide bonds. The molecule has 3 aromatic carbocycles. The van der Waals surface area contributed by atoms with Crippen LogP contribution in [0.15, 0.2) is 72.8 Å². The van der Waals surface area contributed by atoms with Gasteiger partial charge in [0.25, 0.3) is 11.8 Å². The van der Waals surface area contributed by atoms with Crippen molar-refractivity contribution in [3.63, 3.8) is 0 Å². The number of phenolic OH excluding ortho intramolecular Hbond substituents is 2. The summed E-state index contributed by atoms with van der Waals surface area (Å²) in [5.41, 5.74) is 2.08. The topological polar surface area (TPSA) is 81.1 Å². The second-order valence-electron chi connectivity index (χ2n) is 6.82. The van der Waals surface area contributed by atoms with E-state index in [1.54, 1.807) is 38.4 Å². The van der Waals surface area contributed by atoms with Crippen molar-refractivity contribution in [1.82, 2.24) is 4.90 Å². The highest BCUT2D eigenvalue weighted by molar-refractivity contribution is 6.08. The molecule has 0 aliphatic heterocycles. The Hall–Kier alpha value is -3.80. The molecule has 29 heavy (non-hydrogen) atoms. The molecule has 0 radical (unpaired) electrons. The molecular formula is C23H22N2O4. The SMILES string of the molecule is CN(C)C(=O)c1ccc(N(Cc2ccccc2)C(=O)c2ccc(O)cc2O)cc1. The van der Waals surface area contributed by atoms with E-state index in [-0.39, 0.29) is 29.5 Å². The molecule has 0 atom stereocenters. The van der Waals surface area contributed by atoms with Crippen LogP contribution < -0.4 is 4.90 Å². The van der Waals surface area contributed by atoms with Crippen LogP contribution in [0, 0.1) is 0 Å². The van der Waals surface area contributed by atoms with Crippen LogP contribution in [0.5, 0.6) is 11.5 Å². The van der Waals surface area contributed by atoms with Gasteiger partial charge >= 0.3 is 0 Å². The second-order valence-corrected chi connectivity index (χ2v) is 6.82. The van der Waals surface area contributed by atoms with Crippen molar-refractivity contribution in [2.24, 2.45) is 0 Å². The number of nitrogens with zero attached hydrogens (tertiary/aromatic N) is 2. The largest absolute Gasteiger partial charge is 0.508 e. The average Bonchev–Trinajstić information content (AvgIpc) is 2.72. The number of anilines is 1. The highest BCUT2D eigenvalue weighted by atomic mass is 16.3. The zero-order valence-electron chi connectivity index (χ0n) is 16.2. The van der Waals surface area contributed by atoms with Gasteiger partial charge in [0, 0.05) is 31.4 Å². The summed E-state index contributed by atoms with van der Waals surface area (Å²) in [6.45, 7) is 0.279. The maximum absolute atomic E-state index is 13.2. The summed E-state index contributed by atoms with van der Waals surface area (Å²) in [5.74, 6) is -0.973. The maximum atomic E-state index is 13.2. The molecule has 0 aliphatic carbocycles. The lowest BCUT2D eigenvalue weighted by Gasteiger charge is -2.24. The summed E-state index contributed by atoms with van der Waals surface area (Å²) < 4.78 is 0. The lowest BCUT2D eigenvalue weighted by molar-refractivity contribution is 0.0827. The van der Waals surface area contributed by atoms with E-state index in [2.05, 4.69) is 0 Å². The van der Waals surface area contributed by atoms with E-state index in [4.69, 9.17) is 0 Å². The van der Waals surface area contributed by atoms with Gasteiger partial charge in [0.15, 0.2) is 0 Å². The van der Waals surface area contributed by atoms with E-state index in [1.165, 1.54) is 21.9 Å². The third kappa shape index (κ3) is 4.55. The third-order valence-corrected chi connectivity index (χ3v) is 4.47. The van der Waals surface area contributed by atoms with Gasteiger partial charge in [0.05, 0.1) is 12.1 Å². The molecule has 3 rings (SSSR count). The van der Waals surface area contributed by atoms with Gasteiger partial charge in [-0.3, -0.25) is 9.59 Å². The van der Waals surface area contributed by atoms with Crippen molar-refractivity contribution in [2.45, 2.75) is 6.54 Å². The molecule has 0 spiro atoms. The number of carbonyl (C=O) groups excluding carboxylic acids is 2. The molecule has 148 valence electrons. The molecule has 0 heterocycles. The van der Waals surface area contributed by atoms with E-state index in [0.29, 0.717) is 11.3 Å². The minimum Gasteiger partial charge on any atom is -0.508 e. The number of amides is 2. The molecule has 0 aromatic heterocycles. The Morgan fingerprint density at radius 3 is 2.07 bits per heavy atom. The minimum atomic E-state index is -0.418. The summed E-state index contributed by atoms with van der Waals surface area (Å²) in [7, 11) is 3.35. The van der Waals surface area contributed by atoms with E-state index in [9.17, 15) is 19.8 Å². The Morgan fingerprint density at radius 2 is 1.48 bits per heavy atom. The third-order valence-electron chi connectivity index (χ3n) is 4.47. The van der Waals surface area contributed by atoms with Gasteiger partial charge < -0.3 is 20.0 Å². The van der Waals surface area contributed by atoms with Crippen LogP contribution in [-0.2, 0) is 6.54 Å². The summed E-state index contributed by atoms with van der Waals surface area (Å²) in [6, 6.07) is 20.1. The zero-order chi connectivity index (χ0) is 21.0. The van der Waals surface area contributed by atoms with Crippen molar-refractivity contribution in [3.05, 3.63) is 89.5 Å². The number of benzene rings is 3. The van der Waals surface area contributed by atoms with Crippen molar-refractivity contribution in [2.75, 3.05) is 19.0 Å². The van der Waals surface area contributed by atoms with Crippen LogP contribution >= 0.6 is 0 Å². The lowest BCUT2D eigenvalue weighted by Crippen LogP contribution is -2.30. The summed E-state index contributed by atoms with van der Waals surface area (Å²) in [6.07, 6.45) is 0. The highest BCUT2D eigenvalue weighted by Crippen LogP contribution is 2.27. The first-order valence-electron chi connectivity index (χ1n) is 9.06. The van der Waals surface area contributed by atoms with E-state index >= 15 is 0 Å². The molecule has 0 fully saturated rings. The van der Waals surface area contributed by atoms with Crippen LogP contribution in [0.3, 0.4) is 0 Å². The van der Waals surface area contributed by atoms with Crippen molar-refractivity contribution in [3.8, 4) is 11.5 Å². The Labute approximate surface area is 169 Å². The van der Waals surface area contributed by atoms with Crippen LogP contribution in [0.2, 0.25) is 0 Å². The first-order chi connectivity index (χ1) is 13.9. The number of hydrogen-bond donors (Lipinski definition) is 2. The number of carbonyl (C=O) groups is 2. The molecule has 3 aromatic rings. The van der Waals surface area contributed by atoms with Gasteiger partial charge in [-0.15, -0.1) is 0 Å².